The molecule has 98 valence electrons. The standard InChI is InChI=1S/C13H16BrNO3/c14-10-1-2-11(15-9-10)12(16)3-5-13(6-4-12)17-7-8-18-13/h1-2,9,16H,3-8H2. The molecule has 2 aliphatic rings. The summed E-state index contributed by atoms with van der Waals surface area (Å²) in [5.41, 5.74) is -0.111. The number of hydrogen-bond donors (Lipinski definition) is 1. The lowest BCUT2D eigenvalue weighted by molar-refractivity contribution is -0.204. The summed E-state index contributed by atoms with van der Waals surface area (Å²) >= 11 is 3.35. The largest absolute Gasteiger partial charge is 0.384 e. The van der Waals surface area contributed by atoms with Gasteiger partial charge in [0.1, 0.15) is 5.60 Å². The van der Waals surface area contributed by atoms with Crippen LogP contribution in [0.2, 0.25) is 0 Å². The van der Waals surface area contributed by atoms with Gasteiger partial charge in [-0.25, -0.2) is 0 Å². The molecule has 1 saturated carbocycles. The first-order valence-electron chi connectivity index (χ1n) is 6.24. The first-order chi connectivity index (χ1) is 8.62. The molecule has 1 aliphatic carbocycles. The Morgan fingerprint density at radius 2 is 1.78 bits per heavy atom. The van der Waals surface area contributed by atoms with Gasteiger partial charge in [-0.2, -0.15) is 0 Å². The molecule has 1 aliphatic heterocycles. The smallest absolute Gasteiger partial charge is 0.168 e. The lowest BCUT2D eigenvalue weighted by atomic mass is 9.79. The molecule has 18 heavy (non-hydrogen) atoms. The summed E-state index contributed by atoms with van der Waals surface area (Å²) in [6, 6.07) is 3.78. The number of nitrogens with zero attached hydrogens (tertiary/aromatic N) is 1. The number of aromatic nitrogens is 1. The van der Waals surface area contributed by atoms with Crippen molar-refractivity contribution in [3.8, 4) is 0 Å². The van der Waals surface area contributed by atoms with Crippen LogP contribution < -0.4 is 0 Å². The minimum absolute atomic E-state index is 0.443. The number of rotatable bonds is 1. The van der Waals surface area contributed by atoms with Crippen LogP contribution in [-0.2, 0) is 15.1 Å². The van der Waals surface area contributed by atoms with Crippen molar-refractivity contribution < 1.29 is 14.6 Å². The second-order valence-electron chi connectivity index (χ2n) is 5.00. The van der Waals surface area contributed by atoms with Crippen molar-refractivity contribution in [1.82, 2.24) is 4.98 Å². The second kappa shape index (κ2) is 4.56. The third-order valence-electron chi connectivity index (χ3n) is 3.86. The molecule has 2 fully saturated rings. The van der Waals surface area contributed by atoms with E-state index in [1.54, 1.807) is 6.20 Å². The average molecular weight is 314 g/mol. The van der Waals surface area contributed by atoms with E-state index < -0.39 is 11.4 Å². The fourth-order valence-corrected chi connectivity index (χ4v) is 2.97. The monoisotopic (exact) mass is 313 g/mol. The number of aliphatic hydroxyl groups is 1. The Bertz CT molecular complexity index is 418. The SMILES string of the molecule is OC1(c2ccc(Br)cn2)CCC2(CC1)OCCO2. The lowest BCUT2D eigenvalue weighted by Gasteiger charge is -2.40. The quantitative estimate of drug-likeness (QED) is 0.864. The topological polar surface area (TPSA) is 51.6 Å². The summed E-state index contributed by atoms with van der Waals surface area (Å²) in [4.78, 5) is 4.31. The van der Waals surface area contributed by atoms with E-state index >= 15 is 0 Å². The molecular weight excluding hydrogens is 298 g/mol. The van der Waals surface area contributed by atoms with Gasteiger partial charge in [0.25, 0.3) is 0 Å². The molecule has 4 nitrogen and oxygen atoms in total. The maximum Gasteiger partial charge on any atom is 0.168 e. The highest BCUT2D eigenvalue weighted by molar-refractivity contribution is 9.10. The van der Waals surface area contributed by atoms with Crippen molar-refractivity contribution >= 4 is 15.9 Å². The van der Waals surface area contributed by atoms with E-state index in [4.69, 9.17) is 9.47 Å². The summed E-state index contributed by atoms with van der Waals surface area (Å²) in [7, 11) is 0. The van der Waals surface area contributed by atoms with Gasteiger partial charge in [-0.15, -0.1) is 0 Å². The number of halogens is 1. The molecule has 1 aromatic heterocycles. The zero-order valence-corrected chi connectivity index (χ0v) is 11.6. The molecule has 0 unspecified atom stereocenters. The Balaban J connectivity index is 1.75. The minimum atomic E-state index is -0.846. The van der Waals surface area contributed by atoms with Crippen molar-refractivity contribution in [3.05, 3.63) is 28.5 Å². The van der Waals surface area contributed by atoms with Gasteiger partial charge in [-0.3, -0.25) is 4.98 Å². The Morgan fingerprint density at radius 3 is 2.33 bits per heavy atom. The van der Waals surface area contributed by atoms with Crippen molar-refractivity contribution in [2.24, 2.45) is 0 Å². The van der Waals surface area contributed by atoms with Gasteiger partial charge in [0, 0.05) is 23.5 Å². The van der Waals surface area contributed by atoms with Crippen LogP contribution in [0.4, 0.5) is 0 Å². The highest BCUT2D eigenvalue weighted by Crippen LogP contribution is 2.44. The third-order valence-corrected chi connectivity index (χ3v) is 4.33. The number of pyridine rings is 1. The molecule has 1 spiro atoms. The van der Waals surface area contributed by atoms with Gasteiger partial charge in [-0.05, 0) is 40.9 Å². The van der Waals surface area contributed by atoms with E-state index in [0.717, 1.165) is 23.0 Å². The van der Waals surface area contributed by atoms with Crippen LogP contribution in [0.3, 0.4) is 0 Å². The van der Waals surface area contributed by atoms with Gasteiger partial charge in [0.2, 0.25) is 0 Å². The van der Waals surface area contributed by atoms with Crippen molar-refractivity contribution in [2.75, 3.05) is 13.2 Å². The van der Waals surface area contributed by atoms with Gasteiger partial charge >= 0.3 is 0 Å². The van der Waals surface area contributed by atoms with Gasteiger partial charge in [0.05, 0.1) is 18.9 Å². The summed E-state index contributed by atoms with van der Waals surface area (Å²) in [5, 5.41) is 10.7. The maximum atomic E-state index is 10.7. The van der Waals surface area contributed by atoms with Gasteiger partial charge in [-0.1, -0.05) is 0 Å². The molecule has 0 radical (unpaired) electrons. The predicted octanol–water partition coefficient (Wildman–Crippen LogP) is 2.35. The predicted molar refractivity (Wildman–Crippen MR) is 68.9 cm³/mol. The van der Waals surface area contributed by atoms with Gasteiger partial charge < -0.3 is 14.6 Å². The average Bonchev–Trinajstić information content (AvgIpc) is 2.83. The second-order valence-corrected chi connectivity index (χ2v) is 5.92. The van der Waals surface area contributed by atoms with Crippen LogP contribution in [0.25, 0.3) is 0 Å². The Kier molecular flexibility index (Phi) is 3.18. The highest BCUT2D eigenvalue weighted by Gasteiger charge is 2.46. The van der Waals surface area contributed by atoms with E-state index in [1.165, 1.54) is 0 Å². The normalized spacial score (nSPS) is 25.4. The Morgan fingerprint density at radius 1 is 1.11 bits per heavy atom. The molecule has 5 heteroatoms. The van der Waals surface area contributed by atoms with Crippen LogP contribution >= 0.6 is 15.9 Å². The van der Waals surface area contributed by atoms with E-state index in [-0.39, 0.29) is 0 Å². The molecule has 1 N–H and O–H groups in total. The molecule has 0 bridgehead atoms. The first kappa shape index (κ1) is 12.5. The molecule has 2 heterocycles. The van der Waals surface area contributed by atoms with E-state index in [1.807, 2.05) is 12.1 Å². The Labute approximate surface area is 114 Å². The third kappa shape index (κ3) is 2.20. The molecular formula is C13H16BrNO3. The van der Waals surface area contributed by atoms with Gasteiger partial charge in [0.15, 0.2) is 5.79 Å². The van der Waals surface area contributed by atoms with Crippen molar-refractivity contribution in [3.63, 3.8) is 0 Å². The van der Waals surface area contributed by atoms with Crippen LogP contribution in [0.5, 0.6) is 0 Å². The summed E-state index contributed by atoms with van der Waals surface area (Å²) < 4.78 is 12.3. The minimum Gasteiger partial charge on any atom is -0.384 e. The van der Waals surface area contributed by atoms with Crippen LogP contribution in [-0.4, -0.2) is 29.1 Å². The molecule has 3 rings (SSSR count). The zero-order valence-electron chi connectivity index (χ0n) is 10.1. The molecule has 0 amide bonds. The van der Waals surface area contributed by atoms with E-state index in [0.29, 0.717) is 26.1 Å². The van der Waals surface area contributed by atoms with E-state index in [2.05, 4.69) is 20.9 Å². The van der Waals surface area contributed by atoms with Crippen molar-refractivity contribution in [1.29, 1.82) is 0 Å². The summed E-state index contributed by atoms with van der Waals surface area (Å²) in [6.45, 7) is 1.32. The lowest BCUT2D eigenvalue weighted by Crippen LogP contribution is -2.42. The molecule has 0 atom stereocenters. The van der Waals surface area contributed by atoms with Crippen LogP contribution in [0, 0.1) is 0 Å². The van der Waals surface area contributed by atoms with Crippen LogP contribution in [0.1, 0.15) is 31.4 Å². The molecule has 0 aromatic carbocycles. The number of hydrogen-bond acceptors (Lipinski definition) is 4. The first-order valence-corrected chi connectivity index (χ1v) is 7.04. The summed E-state index contributed by atoms with van der Waals surface area (Å²) in [5.74, 6) is -0.443. The molecule has 1 aromatic rings. The maximum absolute atomic E-state index is 10.7. The zero-order chi connectivity index (χ0) is 12.6. The molecule has 1 saturated heterocycles. The highest BCUT2D eigenvalue weighted by atomic mass is 79.9. The summed E-state index contributed by atoms with van der Waals surface area (Å²) in [6.07, 6.45) is 4.42. The van der Waals surface area contributed by atoms with E-state index in [9.17, 15) is 5.11 Å². The van der Waals surface area contributed by atoms with Crippen molar-refractivity contribution in [2.45, 2.75) is 37.1 Å². The fourth-order valence-electron chi connectivity index (χ4n) is 2.74. The number of ether oxygens (including phenoxy) is 2. The van der Waals surface area contributed by atoms with Crippen LogP contribution in [0.15, 0.2) is 22.8 Å². The fraction of sp³-hybridized carbons (Fsp3) is 0.615. The Hall–Kier alpha value is -0.490.